The molecule has 0 aliphatic carbocycles. The van der Waals surface area contributed by atoms with Crippen molar-refractivity contribution in [2.75, 3.05) is 31.9 Å². The molecule has 2 rings (SSSR count). The summed E-state index contributed by atoms with van der Waals surface area (Å²) in [5.41, 5.74) is 5.92. The van der Waals surface area contributed by atoms with Crippen molar-refractivity contribution in [1.82, 2.24) is 15.2 Å². The van der Waals surface area contributed by atoms with Gasteiger partial charge in [0.15, 0.2) is 5.96 Å². The monoisotopic (exact) mass is 327 g/mol. The normalized spacial score (nSPS) is 20.0. The van der Waals surface area contributed by atoms with Gasteiger partial charge in [-0.3, -0.25) is 9.89 Å². The lowest BCUT2D eigenvalue weighted by Crippen LogP contribution is -2.36. The topological polar surface area (TPSA) is 66.5 Å². The van der Waals surface area contributed by atoms with Crippen LogP contribution in [-0.2, 0) is 0 Å². The molecular weight excluding hydrogens is 302 g/mol. The van der Waals surface area contributed by atoms with Crippen molar-refractivity contribution >= 4 is 29.1 Å². The van der Waals surface area contributed by atoms with Crippen LogP contribution in [0.5, 0.6) is 0 Å². The number of hydrogen-bond donors (Lipinski definition) is 2. The summed E-state index contributed by atoms with van der Waals surface area (Å²) in [7, 11) is 0. The fraction of sp³-hybridized carbons (Fsp3) is 0.714. The van der Waals surface area contributed by atoms with Gasteiger partial charge in [0.2, 0.25) is 0 Å². The number of thioether (sulfide) groups is 1. The molecule has 1 aromatic heterocycles. The van der Waals surface area contributed by atoms with Crippen molar-refractivity contribution in [2.24, 2.45) is 10.7 Å². The van der Waals surface area contributed by atoms with Crippen molar-refractivity contribution in [3.63, 3.8) is 0 Å². The molecular formula is C14H25N5S2. The van der Waals surface area contributed by atoms with E-state index >= 15 is 0 Å². The molecule has 21 heavy (non-hydrogen) atoms. The highest BCUT2D eigenvalue weighted by Gasteiger charge is 2.22. The molecule has 0 amide bonds. The molecule has 118 valence electrons. The molecule has 5 nitrogen and oxygen atoms in total. The summed E-state index contributed by atoms with van der Waals surface area (Å²) >= 11 is 3.49. The van der Waals surface area contributed by atoms with Crippen molar-refractivity contribution in [3.05, 3.63) is 11.6 Å². The van der Waals surface area contributed by atoms with Gasteiger partial charge in [0, 0.05) is 29.9 Å². The standard InChI is InChI=1S/C14H25N5S2/c1-2-19-8-3-5-12(19)11-18-13(15)16-6-4-9-20-14-17-7-10-21-14/h7,10,12H,2-6,8-9,11H2,1H3,(H3,15,16,18). The highest BCUT2D eigenvalue weighted by molar-refractivity contribution is 8.00. The zero-order valence-corrected chi connectivity index (χ0v) is 14.3. The number of nitrogens with zero attached hydrogens (tertiary/aromatic N) is 3. The van der Waals surface area contributed by atoms with E-state index in [0.29, 0.717) is 12.0 Å². The van der Waals surface area contributed by atoms with Crippen molar-refractivity contribution in [3.8, 4) is 0 Å². The fourth-order valence-corrected chi connectivity index (χ4v) is 4.15. The highest BCUT2D eigenvalue weighted by atomic mass is 32.2. The van der Waals surface area contributed by atoms with Crippen LogP contribution < -0.4 is 11.1 Å². The lowest BCUT2D eigenvalue weighted by atomic mass is 10.2. The minimum Gasteiger partial charge on any atom is -0.370 e. The number of nitrogens with two attached hydrogens (primary N) is 1. The molecule has 0 aromatic carbocycles. The summed E-state index contributed by atoms with van der Waals surface area (Å²) < 4.78 is 1.14. The molecule has 1 aliphatic heterocycles. The Labute approximate surface area is 135 Å². The van der Waals surface area contributed by atoms with E-state index < -0.39 is 0 Å². The Morgan fingerprint density at radius 1 is 1.67 bits per heavy atom. The Morgan fingerprint density at radius 3 is 3.33 bits per heavy atom. The van der Waals surface area contributed by atoms with Crippen LogP contribution in [-0.4, -0.2) is 53.8 Å². The van der Waals surface area contributed by atoms with E-state index in [1.54, 1.807) is 23.1 Å². The molecule has 0 radical (unpaired) electrons. The average molecular weight is 328 g/mol. The Bertz CT molecular complexity index is 421. The first-order valence-electron chi connectivity index (χ1n) is 7.59. The average Bonchev–Trinajstić information content (AvgIpc) is 3.15. The third-order valence-electron chi connectivity index (χ3n) is 3.64. The number of hydrogen-bond acceptors (Lipinski definition) is 5. The van der Waals surface area contributed by atoms with E-state index in [4.69, 9.17) is 5.73 Å². The maximum atomic E-state index is 5.92. The van der Waals surface area contributed by atoms with Gasteiger partial charge in [-0.1, -0.05) is 18.7 Å². The minimum atomic E-state index is 0.579. The first kappa shape index (κ1) is 16.6. The molecule has 2 heterocycles. The summed E-state index contributed by atoms with van der Waals surface area (Å²) in [6.45, 7) is 6.22. The highest BCUT2D eigenvalue weighted by Crippen LogP contribution is 2.20. The van der Waals surface area contributed by atoms with E-state index in [1.165, 1.54) is 19.4 Å². The van der Waals surface area contributed by atoms with Gasteiger partial charge in [-0.2, -0.15) is 0 Å². The molecule has 7 heteroatoms. The second-order valence-corrected chi connectivity index (χ2v) is 7.31. The number of likely N-dealkylation sites (N-methyl/N-ethyl adjacent to an activating group) is 1. The Hall–Kier alpha value is -0.790. The van der Waals surface area contributed by atoms with Crippen LogP contribution in [0.25, 0.3) is 0 Å². The molecule has 1 saturated heterocycles. The van der Waals surface area contributed by atoms with Crippen molar-refractivity contribution in [2.45, 2.75) is 36.6 Å². The molecule has 1 unspecified atom stereocenters. The summed E-state index contributed by atoms with van der Waals surface area (Å²) in [4.78, 5) is 11.2. The third kappa shape index (κ3) is 5.84. The summed E-state index contributed by atoms with van der Waals surface area (Å²) in [6, 6.07) is 0.579. The van der Waals surface area contributed by atoms with Crippen LogP contribution in [0.15, 0.2) is 20.9 Å². The van der Waals surface area contributed by atoms with E-state index in [2.05, 4.69) is 27.1 Å². The number of nitrogens with one attached hydrogen (secondary N) is 1. The van der Waals surface area contributed by atoms with Crippen molar-refractivity contribution < 1.29 is 0 Å². The van der Waals surface area contributed by atoms with Gasteiger partial charge >= 0.3 is 0 Å². The molecule has 0 bridgehead atoms. The molecule has 1 fully saturated rings. The Balaban J connectivity index is 1.56. The number of aromatic nitrogens is 1. The van der Waals surface area contributed by atoms with Gasteiger partial charge in [0.1, 0.15) is 4.34 Å². The molecule has 1 aliphatic rings. The quantitative estimate of drug-likeness (QED) is 0.331. The van der Waals surface area contributed by atoms with E-state index in [0.717, 1.165) is 36.1 Å². The SMILES string of the molecule is CCN1CCCC1CN=C(N)NCCCSc1nccs1. The van der Waals surface area contributed by atoms with Gasteiger partial charge < -0.3 is 11.1 Å². The van der Waals surface area contributed by atoms with Gasteiger partial charge in [-0.25, -0.2) is 4.98 Å². The summed E-state index contributed by atoms with van der Waals surface area (Å²) in [5.74, 6) is 1.64. The molecule has 3 N–H and O–H groups in total. The molecule has 1 aromatic rings. The van der Waals surface area contributed by atoms with Crippen LogP contribution in [0.4, 0.5) is 0 Å². The van der Waals surface area contributed by atoms with Crippen LogP contribution in [0, 0.1) is 0 Å². The molecule has 0 saturated carbocycles. The maximum absolute atomic E-state index is 5.92. The first-order valence-corrected chi connectivity index (χ1v) is 9.46. The lowest BCUT2D eigenvalue weighted by molar-refractivity contribution is 0.273. The minimum absolute atomic E-state index is 0.579. The Kier molecular flexibility index (Phi) is 7.32. The van der Waals surface area contributed by atoms with Crippen LogP contribution in [0.2, 0.25) is 0 Å². The second kappa shape index (κ2) is 9.27. The van der Waals surface area contributed by atoms with Crippen LogP contribution in [0.1, 0.15) is 26.2 Å². The number of rotatable bonds is 8. The van der Waals surface area contributed by atoms with Crippen LogP contribution in [0.3, 0.4) is 0 Å². The summed E-state index contributed by atoms with van der Waals surface area (Å²) in [6.07, 6.45) is 5.44. The maximum Gasteiger partial charge on any atom is 0.188 e. The van der Waals surface area contributed by atoms with Crippen molar-refractivity contribution in [1.29, 1.82) is 0 Å². The van der Waals surface area contributed by atoms with E-state index in [1.807, 2.05) is 11.6 Å². The largest absolute Gasteiger partial charge is 0.370 e. The van der Waals surface area contributed by atoms with E-state index in [-0.39, 0.29) is 0 Å². The third-order valence-corrected chi connectivity index (χ3v) is 5.69. The van der Waals surface area contributed by atoms with Gasteiger partial charge in [-0.05, 0) is 32.4 Å². The first-order chi connectivity index (χ1) is 10.3. The van der Waals surface area contributed by atoms with Gasteiger partial charge in [0.05, 0.1) is 6.54 Å². The number of aliphatic imine (C=N–C) groups is 1. The number of thiazole rings is 1. The lowest BCUT2D eigenvalue weighted by Gasteiger charge is -2.20. The summed E-state index contributed by atoms with van der Waals surface area (Å²) in [5, 5.41) is 5.21. The predicted molar refractivity (Wildman–Crippen MR) is 92.2 cm³/mol. The van der Waals surface area contributed by atoms with Gasteiger partial charge in [0.25, 0.3) is 0 Å². The zero-order valence-electron chi connectivity index (χ0n) is 12.6. The number of likely N-dealkylation sites (tertiary alicyclic amines) is 1. The number of guanidine groups is 1. The van der Waals surface area contributed by atoms with E-state index in [9.17, 15) is 0 Å². The second-order valence-electron chi connectivity index (χ2n) is 5.08. The molecule has 0 spiro atoms. The van der Waals surface area contributed by atoms with Gasteiger partial charge in [-0.15, -0.1) is 11.3 Å². The zero-order chi connectivity index (χ0) is 14.9. The fourth-order valence-electron chi connectivity index (χ4n) is 2.51. The smallest absolute Gasteiger partial charge is 0.188 e. The Morgan fingerprint density at radius 2 is 2.57 bits per heavy atom. The predicted octanol–water partition coefficient (Wildman–Crippen LogP) is 2.01. The molecule has 1 atom stereocenters. The van der Waals surface area contributed by atoms with Crippen LogP contribution >= 0.6 is 23.1 Å².